The van der Waals surface area contributed by atoms with Gasteiger partial charge < -0.3 is 24.8 Å². The first kappa shape index (κ1) is 29.8. The monoisotopic (exact) mass is 580 g/mol. The maximum Gasteiger partial charge on any atom is 0.459 e. The minimum absolute atomic E-state index is 0.106. The Morgan fingerprint density at radius 3 is 2.65 bits per heavy atom. The van der Waals surface area contributed by atoms with Gasteiger partial charge in [0, 0.05) is 0 Å². The van der Waals surface area contributed by atoms with Gasteiger partial charge in [-0.25, -0.2) is 23.9 Å². The van der Waals surface area contributed by atoms with E-state index in [0.29, 0.717) is 0 Å². The fraction of sp³-hybridized carbons (Fsp3) is 0.520. The molecule has 1 saturated heterocycles. The molecule has 4 N–H and O–H groups in total. The number of aliphatic hydroxyl groups is 1. The van der Waals surface area contributed by atoms with Crippen LogP contribution in [0.1, 0.15) is 45.9 Å². The smallest absolute Gasteiger partial charge is 0.459 e. The van der Waals surface area contributed by atoms with E-state index < -0.39 is 57.1 Å². The van der Waals surface area contributed by atoms with Gasteiger partial charge in [-0.2, -0.15) is 5.09 Å². The molecule has 3 aromatic rings. The fourth-order valence-corrected chi connectivity index (χ4v) is 5.65. The van der Waals surface area contributed by atoms with Gasteiger partial charge in [-0.15, -0.1) is 0 Å². The molecule has 0 bridgehead atoms. The highest BCUT2D eigenvalue weighted by molar-refractivity contribution is 7.52. The highest BCUT2D eigenvalue weighted by Gasteiger charge is 2.47. The third-order valence-corrected chi connectivity index (χ3v) is 7.75. The molecule has 0 aliphatic carbocycles. The van der Waals surface area contributed by atoms with Crippen LogP contribution in [0.25, 0.3) is 11.2 Å². The Morgan fingerprint density at radius 1 is 1.25 bits per heavy atom. The molecule has 0 spiro atoms. The molecule has 1 fully saturated rings. The first-order chi connectivity index (χ1) is 19.0. The van der Waals surface area contributed by atoms with E-state index in [0.717, 1.165) is 18.4 Å². The molecule has 218 valence electrons. The minimum atomic E-state index is -4.27. The van der Waals surface area contributed by atoms with E-state index in [-0.39, 0.29) is 22.7 Å². The van der Waals surface area contributed by atoms with E-state index in [1.807, 2.05) is 12.1 Å². The second kappa shape index (κ2) is 12.6. The zero-order chi connectivity index (χ0) is 29.0. The van der Waals surface area contributed by atoms with Crippen molar-refractivity contribution in [3.63, 3.8) is 0 Å². The highest BCUT2D eigenvalue weighted by atomic mass is 31.2. The molecule has 6 atom stereocenters. The molecule has 40 heavy (non-hydrogen) atoms. The second-order valence-corrected chi connectivity index (χ2v) is 11.4. The van der Waals surface area contributed by atoms with Crippen molar-refractivity contribution in [1.82, 2.24) is 24.6 Å². The summed E-state index contributed by atoms with van der Waals surface area (Å²) in [6, 6.07) is 5.84. The number of carbonyl (C=O) groups excluding carboxylic acids is 1. The summed E-state index contributed by atoms with van der Waals surface area (Å²) in [7, 11) is -4.27. The van der Waals surface area contributed by atoms with Gasteiger partial charge in [0.05, 0.1) is 19.0 Å². The van der Waals surface area contributed by atoms with Crippen molar-refractivity contribution >= 4 is 30.7 Å². The number of nitrogens with zero attached hydrogens (tertiary/aromatic N) is 4. The number of halogens is 1. The summed E-state index contributed by atoms with van der Waals surface area (Å²) in [6.07, 6.45) is -2.22. The molecule has 13 nitrogen and oxygen atoms in total. The minimum Gasteiger partial charge on any atom is -0.462 e. The van der Waals surface area contributed by atoms with Gasteiger partial charge in [0.15, 0.2) is 23.9 Å². The number of alkyl halides is 1. The number of carbonyl (C=O) groups is 1. The number of aryl methyl sites for hydroxylation is 1. The van der Waals surface area contributed by atoms with Crippen LogP contribution in [0.5, 0.6) is 5.75 Å². The average molecular weight is 581 g/mol. The number of aliphatic hydroxyl groups excluding tert-OH is 1. The van der Waals surface area contributed by atoms with Crippen LogP contribution in [0.2, 0.25) is 0 Å². The Kier molecular flexibility index (Phi) is 9.37. The number of benzene rings is 1. The van der Waals surface area contributed by atoms with Crippen molar-refractivity contribution < 1.29 is 37.4 Å². The number of imidazole rings is 1. The highest BCUT2D eigenvalue weighted by Crippen LogP contribution is 2.46. The summed E-state index contributed by atoms with van der Waals surface area (Å²) in [6.45, 7) is 6.33. The summed E-state index contributed by atoms with van der Waals surface area (Å²) in [5.41, 5.74) is 7.34. The van der Waals surface area contributed by atoms with Crippen molar-refractivity contribution in [3.8, 4) is 5.75 Å². The maximum absolute atomic E-state index is 15.2. The van der Waals surface area contributed by atoms with Gasteiger partial charge in [0.25, 0.3) is 0 Å². The molecule has 4 rings (SSSR count). The number of rotatable bonds is 12. The summed E-state index contributed by atoms with van der Waals surface area (Å²) in [5, 5.41) is 13.2. The van der Waals surface area contributed by atoms with Crippen LogP contribution in [-0.2, 0) is 29.8 Å². The first-order valence-corrected chi connectivity index (χ1v) is 14.5. The van der Waals surface area contributed by atoms with Gasteiger partial charge in [-0.05, 0) is 44.9 Å². The van der Waals surface area contributed by atoms with E-state index >= 15 is 4.39 Å². The van der Waals surface area contributed by atoms with Crippen LogP contribution >= 0.6 is 7.75 Å². The van der Waals surface area contributed by atoms with Crippen LogP contribution in [0.15, 0.2) is 36.9 Å². The van der Waals surface area contributed by atoms with Crippen molar-refractivity contribution in [1.29, 1.82) is 0 Å². The number of ether oxygens (including phenoxy) is 2. The lowest BCUT2D eigenvalue weighted by Gasteiger charge is -2.25. The van der Waals surface area contributed by atoms with Gasteiger partial charge in [-0.3, -0.25) is 13.9 Å². The molecule has 1 aromatic carbocycles. The first-order valence-electron chi connectivity index (χ1n) is 12.9. The molecule has 3 heterocycles. The molecule has 0 amide bonds. The SMILES string of the molecule is CCCc1ccc(OP(=O)(NC(C)C(=O)OC(C)C)OCC2OC(n3cnc4c(N)ncnc43)C(F)C2O)cc1. The standard InChI is InChI=1S/C25H34FN6O7P/c1-5-6-16-7-9-17(10-8-16)39-40(35,31-15(4)25(34)37-14(2)3)36-11-18-21(33)19(26)24(38-18)32-13-30-20-22(27)28-12-29-23(20)32/h7-10,12-15,18-19,21,24,33H,5-6,11H2,1-4H3,(H,31,35)(H2,27,28,29). The number of fused-ring (bicyclic) bond motifs is 1. The number of nitrogens with two attached hydrogens (primary N) is 1. The number of hydrogen-bond acceptors (Lipinski definition) is 11. The summed E-state index contributed by atoms with van der Waals surface area (Å²) >= 11 is 0. The molecule has 1 aliphatic rings. The van der Waals surface area contributed by atoms with Crippen molar-refractivity contribution in [2.24, 2.45) is 0 Å². The number of nitrogen functional groups attached to an aromatic ring is 1. The van der Waals surface area contributed by atoms with Gasteiger partial charge in [0.2, 0.25) is 0 Å². The van der Waals surface area contributed by atoms with E-state index in [1.165, 1.54) is 24.1 Å². The molecule has 1 aliphatic heterocycles. The molecule has 0 radical (unpaired) electrons. The number of anilines is 1. The Hall–Kier alpha value is -3.16. The van der Waals surface area contributed by atoms with Crippen molar-refractivity contribution in [3.05, 3.63) is 42.5 Å². The third kappa shape index (κ3) is 6.76. The predicted molar refractivity (Wildman–Crippen MR) is 143 cm³/mol. The largest absolute Gasteiger partial charge is 0.462 e. The Bertz CT molecular complexity index is 1360. The summed E-state index contributed by atoms with van der Waals surface area (Å²) < 4.78 is 52.5. The van der Waals surface area contributed by atoms with E-state index in [4.69, 9.17) is 24.3 Å². The predicted octanol–water partition coefficient (Wildman–Crippen LogP) is 3.09. The van der Waals surface area contributed by atoms with Crippen LogP contribution in [0, 0.1) is 0 Å². The summed E-state index contributed by atoms with van der Waals surface area (Å²) in [5.74, 6) is -0.346. The zero-order valence-corrected chi connectivity index (χ0v) is 23.5. The van der Waals surface area contributed by atoms with Crippen LogP contribution in [0.4, 0.5) is 10.2 Å². The van der Waals surface area contributed by atoms with Crippen LogP contribution in [0.3, 0.4) is 0 Å². The summed E-state index contributed by atoms with van der Waals surface area (Å²) in [4.78, 5) is 24.4. The fourth-order valence-electron chi connectivity index (χ4n) is 4.15. The van der Waals surface area contributed by atoms with Gasteiger partial charge in [0.1, 0.15) is 35.8 Å². The van der Waals surface area contributed by atoms with Gasteiger partial charge in [-0.1, -0.05) is 25.5 Å². The lowest BCUT2D eigenvalue weighted by molar-refractivity contribution is -0.149. The van der Waals surface area contributed by atoms with E-state index in [2.05, 4.69) is 27.0 Å². The Labute approximate surface area is 230 Å². The van der Waals surface area contributed by atoms with Crippen molar-refractivity contribution in [2.45, 2.75) is 77.3 Å². The number of aromatic nitrogens is 4. The van der Waals surface area contributed by atoms with E-state index in [9.17, 15) is 14.5 Å². The quantitative estimate of drug-likeness (QED) is 0.211. The molecule has 0 saturated carbocycles. The number of nitrogens with one attached hydrogen (secondary N) is 1. The Balaban J connectivity index is 1.51. The lowest BCUT2D eigenvalue weighted by Crippen LogP contribution is -2.37. The molecular weight excluding hydrogens is 546 g/mol. The zero-order valence-electron chi connectivity index (χ0n) is 22.6. The normalized spacial score (nSPS) is 23.3. The van der Waals surface area contributed by atoms with E-state index in [1.54, 1.807) is 26.0 Å². The average Bonchev–Trinajstić information content (AvgIpc) is 3.45. The third-order valence-electron chi connectivity index (χ3n) is 6.11. The van der Waals surface area contributed by atoms with Gasteiger partial charge >= 0.3 is 13.7 Å². The lowest BCUT2D eigenvalue weighted by atomic mass is 10.1. The molecule has 15 heteroatoms. The Morgan fingerprint density at radius 2 is 1.98 bits per heavy atom. The number of hydrogen-bond donors (Lipinski definition) is 3. The van der Waals surface area contributed by atoms with Crippen molar-refractivity contribution in [2.75, 3.05) is 12.3 Å². The van der Waals surface area contributed by atoms with Crippen LogP contribution in [-0.4, -0.2) is 67.7 Å². The second-order valence-electron chi connectivity index (χ2n) is 9.70. The maximum atomic E-state index is 15.2. The molecule has 6 unspecified atom stereocenters. The van der Waals surface area contributed by atoms with Crippen LogP contribution < -0.4 is 15.3 Å². The number of esters is 1. The molecule has 2 aromatic heterocycles. The topological polar surface area (TPSA) is 173 Å². The molecular formula is C25H34FN6O7P.